The Morgan fingerprint density at radius 2 is 2.21 bits per heavy atom. The van der Waals surface area contributed by atoms with Gasteiger partial charge in [0.2, 0.25) is 0 Å². The Balaban J connectivity index is 1.61. The largest absolute Gasteiger partial charge is 0.312 e. The standard InChI is InChI=1S/C16H13N5O2S/c22-16-14-10-3-4-17-6-13(10)24-15(14)18-8-21(16)7-9-1-2-11-12(5-9)20-23-19-11/h1-2,5,8,17H,3-4,6-7H2. The smallest absolute Gasteiger partial charge is 0.262 e. The molecule has 7 nitrogen and oxygen atoms in total. The molecule has 120 valence electrons. The van der Waals surface area contributed by atoms with E-state index in [9.17, 15) is 4.79 Å². The molecular formula is C16H13N5O2S. The van der Waals surface area contributed by atoms with E-state index in [0.29, 0.717) is 17.6 Å². The summed E-state index contributed by atoms with van der Waals surface area (Å²) >= 11 is 1.61. The van der Waals surface area contributed by atoms with Crippen LogP contribution in [0.25, 0.3) is 21.3 Å². The molecule has 0 fully saturated rings. The molecule has 3 aromatic heterocycles. The minimum Gasteiger partial charge on any atom is -0.312 e. The molecule has 4 heterocycles. The SMILES string of the molecule is O=c1c2c3c(sc2ncn1Cc1ccc2nonc2c1)CNCC3. The Bertz CT molecular complexity index is 1130. The predicted octanol–water partition coefficient (Wildman–Crippen LogP) is 1.69. The summed E-state index contributed by atoms with van der Waals surface area (Å²) in [6, 6.07) is 5.65. The van der Waals surface area contributed by atoms with Crippen LogP contribution in [0.5, 0.6) is 0 Å². The van der Waals surface area contributed by atoms with Crippen LogP contribution < -0.4 is 10.9 Å². The van der Waals surface area contributed by atoms with Crippen molar-refractivity contribution in [3.05, 3.63) is 50.9 Å². The first kappa shape index (κ1) is 13.8. The van der Waals surface area contributed by atoms with Gasteiger partial charge in [0.15, 0.2) is 0 Å². The van der Waals surface area contributed by atoms with Crippen molar-refractivity contribution in [3.63, 3.8) is 0 Å². The van der Waals surface area contributed by atoms with Gasteiger partial charge in [0.1, 0.15) is 15.9 Å². The summed E-state index contributed by atoms with van der Waals surface area (Å²) in [4.78, 5) is 19.5. The number of hydrogen-bond donors (Lipinski definition) is 1. The number of fused-ring (bicyclic) bond motifs is 4. The molecule has 4 aromatic rings. The molecule has 0 amide bonds. The van der Waals surface area contributed by atoms with Crippen molar-refractivity contribution in [1.82, 2.24) is 25.2 Å². The van der Waals surface area contributed by atoms with Crippen LogP contribution in [0.2, 0.25) is 0 Å². The van der Waals surface area contributed by atoms with E-state index in [0.717, 1.165) is 40.9 Å². The highest BCUT2D eigenvalue weighted by atomic mass is 32.1. The second-order valence-electron chi connectivity index (χ2n) is 5.88. The summed E-state index contributed by atoms with van der Waals surface area (Å²) in [6.07, 6.45) is 2.51. The van der Waals surface area contributed by atoms with Gasteiger partial charge in [-0.15, -0.1) is 11.3 Å². The lowest BCUT2D eigenvalue weighted by Crippen LogP contribution is -2.25. The van der Waals surface area contributed by atoms with Crippen molar-refractivity contribution in [1.29, 1.82) is 0 Å². The average Bonchev–Trinajstić information content (AvgIpc) is 3.21. The van der Waals surface area contributed by atoms with Gasteiger partial charge < -0.3 is 5.32 Å². The first-order valence-corrected chi connectivity index (χ1v) is 8.53. The third-order valence-corrected chi connectivity index (χ3v) is 5.51. The summed E-state index contributed by atoms with van der Waals surface area (Å²) in [7, 11) is 0. The molecule has 0 aliphatic carbocycles. The molecule has 0 unspecified atom stereocenters. The topological polar surface area (TPSA) is 85.8 Å². The van der Waals surface area contributed by atoms with E-state index >= 15 is 0 Å². The quantitative estimate of drug-likeness (QED) is 0.598. The monoisotopic (exact) mass is 339 g/mol. The highest BCUT2D eigenvalue weighted by Gasteiger charge is 2.19. The number of aromatic nitrogens is 4. The second kappa shape index (κ2) is 5.22. The van der Waals surface area contributed by atoms with Gasteiger partial charge in [0, 0.05) is 11.4 Å². The highest BCUT2D eigenvalue weighted by molar-refractivity contribution is 7.18. The van der Waals surface area contributed by atoms with Crippen LogP contribution in [0.4, 0.5) is 0 Å². The molecule has 0 bridgehead atoms. The van der Waals surface area contributed by atoms with Crippen molar-refractivity contribution < 1.29 is 4.63 Å². The molecule has 1 aliphatic rings. The van der Waals surface area contributed by atoms with Gasteiger partial charge in [0.25, 0.3) is 5.56 Å². The molecule has 5 rings (SSSR count). The predicted molar refractivity (Wildman–Crippen MR) is 90.2 cm³/mol. The van der Waals surface area contributed by atoms with Crippen LogP contribution in [-0.4, -0.2) is 26.4 Å². The zero-order valence-electron chi connectivity index (χ0n) is 12.7. The fourth-order valence-corrected chi connectivity index (χ4v) is 4.33. The summed E-state index contributed by atoms with van der Waals surface area (Å²) in [5, 5.41) is 11.8. The Kier molecular flexibility index (Phi) is 3.00. The minimum absolute atomic E-state index is 0.0257. The molecule has 0 spiro atoms. The maximum atomic E-state index is 12.9. The summed E-state index contributed by atoms with van der Waals surface area (Å²) in [6.45, 7) is 2.18. The van der Waals surface area contributed by atoms with Crippen molar-refractivity contribution >= 4 is 32.6 Å². The first-order valence-electron chi connectivity index (χ1n) is 7.71. The fraction of sp³-hybridized carbons (Fsp3) is 0.250. The Labute approximate surface area is 139 Å². The van der Waals surface area contributed by atoms with Crippen molar-refractivity contribution in [3.8, 4) is 0 Å². The molecular weight excluding hydrogens is 326 g/mol. The van der Waals surface area contributed by atoms with Crippen LogP contribution >= 0.6 is 11.3 Å². The van der Waals surface area contributed by atoms with Gasteiger partial charge in [0.05, 0.1) is 18.3 Å². The average molecular weight is 339 g/mol. The Morgan fingerprint density at radius 3 is 3.17 bits per heavy atom. The zero-order chi connectivity index (χ0) is 16.1. The van der Waals surface area contributed by atoms with E-state index in [2.05, 4.69) is 20.6 Å². The van der Waals surface area contributed by atoms with Gasteiger partial charge in [-0.05, 0) is 46.5 Å². The van der Waals surface area contributed by atoms with Gasteiger partial charge in [-0.3, -0.25) is 9.36 Å². The first-order chi connectivity index (χ1) is 11.8. The maximum absolute atomic E-state index is 12.9. The van der Waals surface area contributed by atoms with Crippen LogP contribution in [0.3, 0.4) is 0 Å². The Morgan fingerprint density at radius 1 is 1.29 bits per heavy atom. The van der Waals surface area contributed by atoms with E-state index in [-0.39, 0.29) is 5.56 Å². The lowest BCUT2D eigenvalue weighted by atomic mass is 10.1. The van der Waals surface area contributed by atoms with E-state index in [1.165, 1.54) is 4.88 Å². The second-order valence-corrected chi connectivity index (χ2v) is 6.96. The zero-order valence-corrected chi connectivity index (χ0v) is 13.5. The molecule has 1 N–H and O–H groups in total. The number of nitrogens with one attached hydrogen (secondary N) is 1. The minimum atomic E-state index is 0.0257. The molecule has 8 heteroatoms. The number of thiophene rings is 1. The van der Waals surface area contributed by atoms with E-state index in [1.54, 1.807) is 22.2 Å². The number of nitrogens with zero attached hydrogens (tertiary/aromatic N) is 4. The summed E-state index contributed by atoms with van der Waals surface area (Å²) < 4.78 is 6.38. The van der Waals surface area contributed by atoms with E-state index < -0.39 is 0 Å². The maximum Gasteiger partial charge on any atom is 0.262 e. The third-order valence-electron chi connectivity index (χ3n) is 4.37. The normalized spacial score (nSPS) is 14.3. The van der Waals surface area contributed by atoms with E-state index in [1.807, 2.05) is 18.2 Å². The van der Waals surface area contributed by atoms with Gasteiger partial charge >= 0.3 is 0 Å². The van der Waals surface area contributed by atoms with Crippen molar-refractivity contribution in [2.75, 3.05) is 6.54 Å². The van der Waals surface area contributed by atoms with Crippen molar-refractivity contribution in [2.24, 2.45) is 0 Å². The molecule has 0 radical (unpaired) electrons. The van der Waals surface area contributed by atoms with Gasteiger partial charge in [-0.25, -0.2) is 9.61 Å². The van der Waals surface area contributed by atoms with Crippen molar-refractivity contribution in [2.45, 2.75) is 19.5 Å². The summed E-state index contributed by atoms with van der Waals surface area (Å²) in [5.74, 6) is 0. The molecule has 0 saturated carbocycles. The van der Waals surface area contributed by atoms with Crippen LogP contribution in [0.15, 0.2) is 33.9 Å². The lowest BCUT2D eigenvalue weighted by Gasteiger charge is -2.12. The molecule has 0 saturated heterocycles. The molecule has 0 atom stereocenters. The number of benzene rings is 1. The number of rotatable bonds is 2. The fourth-order valence-electron chi connectivity index (χ4n) is 3.19. The molecule has 1 aromatic carbocycles. The third kappa shape index (κ3) is 2.07. The van der Waals surface area contributed by atoms with Crippen LogP contribution in [0.1, 0.15) is 16.0 Å². The molecule has 24 heavy (non-hydrogen) atoms. The van der Waals surface area contributed by atoms with Gasteiger partial charge in [-0.2, -0.15) is 0 Å². The lowest BCUT2D eigenvalue weighted by molar-refractivity contribution is 0.315. The summed E-state index contributed by atoms with van der Waals surface area (Å²) in [5.41, 5.74) is 3.55. The Hall–Kier alpha value is -2.58. The van der Waals surface area contributed by atoms with Gasteiger partial charge in [-0.1, -0.05) is 6.07 Å². The molecule has 1 aliphatic heterocycles. The van der Waals surface area contributed by atoms with Crippen LogP contribution in [0, 0.1) is 0 Å². The van der Waals surface area contributed by atoms with Crippen LogP contribution in [-0.2, 0) is 19.5 Å². The van der Waals surface area contributed by atoms with E-state index in [4.69, 9.17) is 4.63 Å². The number of hydrogen-bond acceptors (Lipinski definition) is 7. The highest BCUT2D eigenvalue weighted by Crippen LogP contribution is 2.29.